The van der Waals surface area contributed by atoms with Gasteiger partial charge in [0.05, 0.1) is 24.7 Å². The molecule has 0 saturated carbocycles. The van der Waals surface area contributed by atoms with E-state index in [9.17, 15) is 25.2 Å². The number of cyclic esters (lactones) is 1. The summed E-state index contributed by atoms with van der Waals surface area (Å²) in [4.78, 5) is 16.9. The standard InChI is InChI=1S/C27H37NO7/c1-4-6-7-17-8-9-18-12-21(35-27(33)25(18)26(17)32)13-20(29)11-10-19-15-34-24(28-19)14-23(31)16(3)22(30)5-2/h8-11,15-16,20-23,29-32H,4-7,12-14H2,1-3H3/b11-10+/t16-,20-,21+,22-,23+/m1/s1. The van der Waals surface area contributed by atoms with Crippen molar-refractivity contribution in [3.8, 4) is 5.75 Å². The number of carbonyl (C=O) groups excluding carboxylic acids is 1. The molecule has 0 spiro atoms. The number of fused-ring (bicyclic) bond motifs is 1. The minimum absolute atomic E-state index is 0.00500. The lowest BCUT2D eigenvalue weighted by molar-refractivity contribution is 0.0144. The van der Waals surface area contributed by atoms with Crippen LogP contribution in [0.25, 0.3) is 6.08 Å². The quantitative estimate of drug-likeness (QED) is 0.334. The SMILES string of the molecule is CCCCc1ccc2c(c1O)C(=O)O[C@H](C[C@H](O)/C=C/c1coc(C[C@H](O)[C@H](C)[C@H](O)CC)n1)C2. The van der Waals surface area contributed by atoms with Crippen LogP contribution in [0.15, 0.2) is 28.9 Å². The molecule has 2 heterocycles. The van der Waals surface area contributed by atoms with Crippen molar-refractivity contribution in [1.82, 2.24) is 4.98 Å². The van der Waals surface area contributed by atoms with Crippen molar-refractivity contribution in [3.63, 3.8) is 0 Å². The summed E-state index contributed by atoms with van der Waals surface area (Å²) in [6.07, 6.45) is 5.82. The van der Waals surface area contributed by atoms with E-state index < -0.39 is 30.4 Å². The minimum Gasteiger partial charge on any atom is -0.507 e. The maximum absolute atomic E-state index is 12.6. The van der Waals surface area contributed by atoms with Gasteiger partial charge in [0.2, 0.25) is 0 Å². The second kappa shape index (κ2) is 12.3. The summed E-state index contributed by atoms with van der Waals surface area (Å²) in [7, 11) is 0. The van der Waals surface area contributed by atoms with Crippen molar-refractivity contribution in [1.29, 1.82) is 0 Å². The number of oxazole rings is 1. The number of esters is 1. The number of aromatic hydroxyl groups is 1. The van der Waals surface area contributed by atoms with Crippen molar-refractivity contribution in [3.05, 3.63) is 52.7 Å². The Morgan fingerprint density at radius 1 is 1.20 bits per heavy atom. The van der Waals surface area contributed by atoms with Gasteiger partial charge in [-0.3, -0.25) is 0 Å². The number of unbranched alkanes of at least 4 members (excludes halogenated alkanes) is 1. The van der Waals surface area contributed by atoms with Gasteiger partial charge in [0.25, 0.3) is 0 Å². The van der Waals surface area contributed by atoms with Gasteiger partial charge in [-0.05, 0) is 36.5 Å². The van der Waals surface area contributed by atoms with E-state index in [1.54, 1.807) is 19.1 Å². The third-order valence-electron chi connectivity index (χ3n) is 6.65. The molecule has 0 fully saturated rings. The Bertz CT molecular complexity index is 1010. The van der Waals surface area contributed by atoms with E-state index in [2.05, 4.69) is 11.9 Å². The molecule has 0 unspecified atom stereocenters. The first-order chi connectivity index (χ1) is 16.7. The van der Waals surface area contributed by atoms with Crippen LogP contribution in [0.4, 0.5) is 0 Å². The lowest BCUT2D eigenvalue weighted by Crippen LogP contribution is -2.30. The largest absolute Gasteiger partial charge is 0.507 e. The monoisotopic (exact) mass is 487 g/mol. The van der Waals surface area contributed by atoms with Crippen LogP contribution in [0.1, 0.15) is 79.5 Å². The first kappa shape index (κ1) is 26.9. The predicted molar refractivity (Wildman–Crippen MR) is 131 cm³/mol. The van der Waals surface area contributed by atoms with Crippen LogP contribution in [-0.2, 0) is 24.0 Å². The highest BCUT2D eigenvalue weighted by molar-refractivity contribution is 5.95. The predicted octanol–water partition coefficient (Wildman–Crippen LogP) is 3.58. The van der Waals surface area contributed by atoms with Crippen molar-refractivity contribution in [2.45, 2.75) is 90.1 Å². The fourth-order valence-corrected chi connectivity index (χ4v) is 4.32. The number of hydrogen-bond donors (Lipinski definition) is 4. The van der Waals surface area contributed by atoms with Gasteiger partial charge >= 0.3 is 5.97 Å². The van der Waals surface area contributed by atoms with Crippen molar-refractivity contribution in [2.75, 3.05) is 0 Å². The van der Waals surface area contributed by atoms with Gasteiger partial charge in [-0.2, -0.15) is 0 Å². The zero-order valence-corrected chi connectivity index (χ0v) is 20.7. The van der Waals surface area contributed by atoms with E-state index in [1.807, 2.05) is 19.1 Å². The number of aliphatic hydroxyl groups is 3. The van der Waals surface area contributed by atoms with Gasteiger partial charge in [-0.1, -0.05) is 45.4 Å². The number of phenols is 1. The van der Waals surface area contributed by atoms with Crippen molar-refractivity contribution < 1.29 is 34.4 Å². The Kier molecular flexibility index (Phi) is 9.48. The van der Waals surface area contributed by atoms with E-state index >= 15 is 0 Å². The number of aromatic nitrogens is 1. The Labute approximate surface area is 206 Å². The number of rotatable bonds is 12. The highest BCUT2D eigenvalue weighted by atomic mass is 16.5. The molecule has 5 atom stereocenters. The fraction of sp³-hybridized carbons (Fsp3) is 0.556. The van der Waals surface area contributed by atoms with Crippen molar-refractivity contribution >= 4 is 12.0 Å². The first-order valence-corrected chi connectivity index (χ1v) is 12.4. The number of hydrogen-bond acceptors (Lipinski definition) is 8. The van der Waals surface area contributed by atoms with Crippen LogP contribution in [0.2, 0.25) is 0 Å². The van der Waals surface area contributed by atoms with Crippen LogP contribution in [0.5, 0.6) is 5.75 Å². The van der Waals surface area contributed by atoms with E-state index in [0.717, 1.165) is 24.0 Å². The summed E-state index contributed by atoms with van der Waals surface area (Å²) in [6.45, 7) is 5.71. The van der Waals surface area contributed by atoms with E-state index in [0.29, 0.717) is 30.8 Å². The Morgan fingerprint density at radius 3 is 2.69 bits per heavy atom. The molecule has 3 rings (SSSR count). The molecule has 1 aromatic heterocycles. The second-order valence-corrected chi connectivity index (χ2v) is 9.38. The smallest absolute Gasteiger partial charge is 0.342 e. The summed E-state index contributed by atoms with van der Waals surface area (Å²) in [5.41, 5.74) is 2.20. The maximum atomic E-state index is 12.6. The first-order valence-electron chi connectivity index (χ1n) is 12.4. The molecule has 1 aliphatic heterocycles. The lowest BCUT2D eigenvalue weighted by atomic mass is 9.92. The molecular weight excluding hydrogens is 450 g/mol. The van der Waals surface area contributed by atoms with Crippen LogP contribution >= 0.6 is 0 Å². The van der Waals surface area contributed by atoms with Crippen LogP contribution in [0.3, 0.4) is 0 Å². The number of carbonyl (C=O) groups is 1. The number of benzene rings is 1. The van der Waals surface area contributed by atoms with Crippen molar-refractivity contribution in [2.24, 2.45) is 5.92 Å². The molecule has 1 aliphatic rings. The number of aliphatic hydroxyl groups excluding tert-OH is 3. The summed E-state index contributed by atoms with van der Waals surface area (Å²) < 4.78 is 10.9. The van der Waals surface area contributed by atoms with Gasteiger partial charge in [-0.15, -0.1) is 0 Å². The molecule has 2 aromatic rings. The molecule has 8 nitrogen and oxygen atoms in total. The van der Waals surface area contributed by atoms with Gasteiger partial charge in [-0.25, -0.2) is 9.78 Å². The second-order valence-electron chi connectivity index (χ2n) is 9.38. The summed E-state index contributed by atoms with van der Waals surface area (Å²) in [5, 5.41) is 41.1. The number of ether oxygens (including phenoxy) is 1. The number of phenolic OH excluding ortho intramolecular Hbond substituents is 1. The normalized spacial score (nSPS) is 19.3. The number of nitrogens with zero attached hydrogens (tertiary/aromatic N) is 1. The Balaban J connectivity index is 1.56. The summed E-state index contributed by atoms with van der Waals surface area (Å²) >= 11 is 0. The van der Waals surface area contributed by atoms with Gasteiger partial charge in [0.1, 0.15) is 29.4 Å². The Morgan fingerprint density at radius 2 is 1.97 bits per heavy atom. The van der Waals surface area contributed by atoms with Crippen LogP contribution in [-0.4, -0.2) is 55.8 Å². The average Bonchev–Trinajstić information content (AvgIpc) is 3.28. The third-order valence-corrected chi connectivity index (χ3v) is 6.65. The third kappa shape index (κ3) is 6.93. The molecule has 8 heteroatoms. The van der Waals surface area contributed by atoms with Crippen LogP contribution < -0.4 is 0 Å². The Hall–Kier alpha value is -2.68. The topological polar surface area (TPSA) is 133 Å². The molecule has 4 N–H and O–H groups in total. The summed E-state index contributed by atoms with van der Waals surface area (Å²) in [5.74, 6) is -0.519. The average molecular weight is 488 g/mol. The molecule has 192 valence electrons. The summed E-state index contributed by atoms with van der Waals surface area (Å²) in [6, 6.07) is 3.72. The molecule has 0 amide bonds. The molecular formula is C27H37NO7. The zero-order chi connectivity index (χ0) is 25.5. The van der Waals surface area contributed by atoms with Gasteiger partial charge in [0.15, 0.2) is 5.89 Å². The maximum Gasteiger partial charge on any atom is 0.342 e. The molecule has 0 radical (unpaired) electrons. The van der Waals surface area contributed by atoms with Gasteiger partial charge in [0, 0.05) is 18.8 Å². The molecule has 0 aliphatic carbocycles. The van der Waals surface area contributed by atoms with Gasteiger partial charge < -0.3 is 29.6 Å². The number of aryl methyl sites for hydroxylation is 1. The molecule has 0 saturated heterocycles. The van der Waals surface area contributed by atoms with E-state index in [1.165, 1.54) is 6.26 Å². The zero-order valence-electron chi connectivity index (χ0n) is 20.7. The molecule has 1 aromatic carbocycles. The highest BCUT2D eigenvalue weighted by Crippen LogP contribution is 2.33. The van der Waals surface area contributed by atoms with E-state index in [-0.39, 0.29) is 30.1 Å². The molecule has 35 heavy (non-hydrogen) atoms. The minimum atomic E-state index is -0.878. The molecule has 0 bridgehead atoms. The fourth-order valence-electron chi connectivity index (χ4n) is 4.32. The lowest BCUT2D eigenvalue weighted by Gasteiger charge is -2.26. The highest BCUT2D eigenvalue weighted by Gasteiger charge is 2.31. The van der Waals surface area contributed by atoms with Crippen LogP contribution in [0, 0.1) is 5.92 Å². The van der Waals surface area contributed by atoms with E-state index in [4.69, 9.17) is 9.15 Å².